The summed E-state index contributed by atoms with van der Waals surface area (Å²) in [6.07, 6.45) is 17.0. The van der Waals surface area contributed by atoms with Crippen LogP contribution in [0.25, 0.3) is 33.7 Å². The van der Waals surface area contributed by atoms with Crippen molar-refractivity contribution in [2.45, 2.75) is 50.3 Å². The van der Waals surface area contributed by atoms with Gasteiger partial charge in [-0.25, -0.2) is 19.0 Å². The van der Waals surface area contributed by atoms with Crippen LogP contribution in [0.1, 0.15) is 54.4 Å². The molecule has 9 heteroatoms. The molecule has 1 N–H and O–H groups in total. The molecule has 7 heterocycles. The van der Waals surface area contributed by atoms with Crippen LogP contribution < -0.4 is 10.4 Å². The molecule has 9 nitrogen and oxygen atoms in total. The van der Waals surface area contributed by atoms with Gasteiger partial charge in [-0.1, -0.05) is 110 Å². The first kappa shape index (κ1) is 36.5. The minimum atomic E-state index is -1.48. The van der Waals surface area contributed by atoms with Gasteiger partial charge in [-0.3, -0.25) is 9.80 Å². The molecule has 5 aromatic rings. The fourth-order valence-electron chi connectivity index (χ4n) is 14.0. The number of aliphatic hydroxyl groups is 1. The highest BCUT2D eigenvalue weighted by Gasteiger charge is 2.67. The van der Waals surface area contributed by atoms with Gasteiger partial charge in [0, 0.05) is 40.7 Å². The second-order valence-corrected chi connectivity index (χ2v) is 20.2. The molecule has 7 atom stereocenters. The van der Waals surface area contributed by atoms with E-state index in [1.165, 1.54) is 76.8 Å². The number of rotatable bonds is 0. The lowest BCUT2D eigenvalue weighted by atomic mass is 9.70. The molecule has 7 aliphatic heterocycles. The molecule has 4 bridgehead atoms. The summed E-state index contributed by atoms with van der Waals surface area (Å²) in [6, 6.07) is 35.9. The van der Waals surface area contributed by atoms with E-state index in [0.717, 1.165) is 29.5 Å². The molecule has 0 saturated carbocycles. The molecule has 5 aromatic carbocycles. The molecule has 318 valence electrons. The fraction of sp³-hybridized carbons (Fsp3) is 0.268. The number of hydrogen-bond donors (Lipinski definition) is 1. The van der Waals surface area contributed by atoms with Crippen molar-refractivity contribution in [1.29, 1.82) is 0 Å². The van der Waals surface area contributed by atoms with Crippen molar-refractivity contribution < 1.29 is 14.3 Å². The molecular weight excluding hydrogens is 801 g/mol. The van der Waals surface area contributed by atoms with Crippen molar-refractivity contribution in [2.75, 3.05) is 34.7 Å². The van der Waals surface area contributed by atoms with Gasteiger partial charge in [-0.15, -0.1) is 0 Å². The highest BCUT2D eigenvalue weighted by Crippen LogP contribution is 2.58. The second-order valence-electron chi connectivity index (χ2n) is 20.2. The summed E-state index contributed by atoms with van der Waals surface area (Å²) >= 11 is 0. The van der Waals surface area contributed by atoms with Crippen molar-refractivity contribution in [3.63, 3.8) is 0 Å². The monoisotopic (exact) mass is 850 g/mol. The molecule has 0 radical (unpaired) electrons. The number of aliphatic imine (C=N–C) groups is 1. The zero-order valence-corrected chi connectivity index (χ0v) is 37.3. The normalized spacial score (nSPS) is 30.9. The van der Waals surface area contributed by atoms with Gasteiger partial charge in [-0.05, 0) is 92.4 Å². The number of benzene rings is 5. The minimum absolute atomic E-state index is 0.0172. The van der Waals surface area contributed by atoms with Crippen molar-refractivity contribution in [2.24, 2.45) is 16.3 Å². The quantitative estimate of drug-likeness (QED) is 0.186. The van der Waals surface area contributed by atoms with Crippen LogP contribution in [0.2, 0.25) is 0 Å². The van der Waals surface area contributed by atoms with Crippen molar-refractivity contribution in [1.82, 2.24) is 24.5 Å². The third-order valence-electron chi connectivity index (χ3n) is 16.9. The van der Waals surface area contributed by atoms with Gasteiger partial charge in [0.05, 0.1) is 43.8 Å². The lowest BCUT2D eigenvalue weighted by Crippen LogP contribution is -2.73. The zero-order valence-electron chi connectivity index (χ0n) is 37.3. The lowest BCUT2D eigenvalue weighted by Gasteiger charge is -2.60. The Morgan fingerprint density at radius 1 is 0.754 bits per heavy atom. The molecule has 7 unspecified atom stereocenters. The van der Waals surface area contributed by atoms with E-state index in [1.54, 1.807) is 0 Å². The summed E-state index contributed by atoms with van der Waals surface area (Å²) in [7, 11) is 9.12. The van der Waals surface area contributed by atoms with Crippen LogP contribution in [0.5, 0.6) is 0 Å². The van der Waals surface area contributed by atoms with E-state index in [1.807, 2.05) is 0 Å². The maximum absolute atomic E-state index is 14.6. The molecule has 2 saturated heterocycles. The number of allylic oxidation sites excluding steroid dienone is 5. The van der Waals surface area contributed by atoms with Crippen molar-refractivity contribution in [3.8, 4) is 0 Å². The van der Waals surface area contributed by atoms with Crippen LogP contribution in [0.3, 0.4) is 0 Å². The standard InChI is InChI=1S/C56H50N8O/c1-55-21-13-12-20-38(55)30-40-46(31-55)49-58(2)47(40)57-48-39-24-32-14-6-7-15-33(32)25-41(39)52-61(5)54-45-29-37-19-11-10-18-36(37)28-44(45)53-60(4)51-43-27-35-17-9-8-16-34(35)26-42(43)50(59(49)3)62(51)23-22-56(65,63(48)52)64(53)54/h6-21,24-30,44,49,51-53,65H,22-23,31H2,1-5H3/q+2. The summed E-state index contributed by atoms with van der Waals surface area (Å²) in [4.78, 5) is 18.5. The highest BCUT2D eigenvalue weighted by atomic mass is 16.3. The van der Waals surface area contributed by atoms with Crippen LogP contribution in [0.4, 0.5) is 0 Å². The molecule has 10 aliphatic rings. The summed E-state index contributed by atoms with van der Waals surface area (Å²) < 4.78 is 4.99. The predicted molar refractivity (Wildman–Crippen MR) is 256 cm³/mol. The average Bonchev–Trinajstić information content (AvgIpc) is 4.00. The average molecular weight is 851 g/mol. The third-order valence-corrected chi connectivity index (χ3v) is 16.9. The van der Waals surface area contributed by atoms with E-state index < -0.39 is 5.85 Å². The molecule has 65 heavy (non-hydrogen) atoms. The first-order valence-corrected chi connectivity index (χ1v) is 23.3. The fourth-order valence-corrected chi connectivity index (χ4v) is 14.0. The zero-order chi connectivity index (χ0) is 43.4. The topological polar surface area (TPSA) is 54.8 Å². The highest BCUT2D eigenvalue weighted by molar-refractivity contribution is 6.15. The van der Waals surface area contributed by atoms with Gasteiger partial charge in [0.25, 0.3) is 17.8 Å². The molecule has 2 fully saturated rings. The van der Waals surface area contributed by atoms with Gasteiger partial charge >= 0.3 is 5.84 Å². The summed E-state index contributed by atoms with van der Waals surface area (Å²) in [5.41, 5.74) is 9.78. The Balaban J connectivity index is 1.09. The first-order valence-electron chi connectivity index (χ1n) is 23.3. The number of fused-ring (bicyclic) bond motifs is 16. The Kier molecular flexibility index (Phi) is 6.79. The molecule has 0 aromatic heterocycles. The number of likely N-dealkylation sites (N-methyl/N-ethyl adjacent to an activating group) is 2. The lowest BCUT2D eigenvalue weighted by molar-refractivity contribution is -0.743. The largest absolute Gasteiger partial charge is 0.353 e. The number of amidine groups is 3. The Morgan fingerprint density at radius 3 is 2.18 bits per heavy atom. The third kappa shape index (κ3) is 4.39. The maximum Gasteiger partial charge on any atom is 0.332 e. The summed E-state index contributed by atoms with van der Waals surface area (Å²) in [5, 5.41) is 21.9. The first-order chi connectivity index (χ1) is 31.6. The molecule has 0 spiro atoms. The maximum atomic E-state index is 14.6. The Bertz CT molecular complexity index is 3530. The van der Waals surface area contributed by atoms with Gasteiger partial charge < -0.3 is 10.0 Å². The number of nitrogens with zero attached hydrogens (tertiary/aromatic N) is 8. The molecule has 0 amide bonds. The van der Waals surface area contributed by atoms with E-state index in [2.05, 4.69) is 208 Å². The predicted octanol–water partition coefficient (Wildman–Crippen LogP) is 6.28. The van der Waals surface area contributed by atoms with Crippen LogP contribution in [-0.2, 0) is 0 Å². The van der Waals surface area contributed by atoms with E-state index >= 15 is 0 Å². The molecule has 3 aliphatic carbocycles. The Morgan fingerprint density at radius 2 is 1.43 bits per heavy atom. The van der Waals surface area contributed by atoms with Crippen LogP contribution in [0.15, 0.2) is 161 Å². The van der Waals surface area contributed by atoms with E-state index in [0.29, 0.717) is 13.0 Å². The van der Waals surface area contributed by atoms with Gasteiger partial charge in [0.2, 0.25) is 5.85 Å². The van der Waals surface area contributed by atoms with Crippen molar-refractivity contribution in [3.05, 3.63) is 188 Å². The van der Waals surface area contributed by atoms with E-state index in [9.17, 15) is 5.11 Å². The number of hydrogen-bond acceptors (Lipinski definition) is 7. The van der Waals surface area contributed by atoms with E-state index in [-0.39, 0.29) is 36.0 Å². The minimum Gasteiger partial charge on any atom is -0.353 e. The van der Waals surface area contributed by atoms with Gasteiger partial charge in [-0.2, -0.15) is 0 Å². The van der Waals surface area contributed by atoms with Crippen molar-refractivity contribution >= 4 is 51.2 Å². The van der Waals surface area contributed by atoms with Gasteiger partial charge in [0.1, 0.15) is 18.2 Å². The van der Waals surface area contributed by atoms with Crippen LogP contribution in [-0.4, -0.2) is 109 Å². The Hall–Kier alpha value is -6.81. The van der Waals surface area contributed by atoms with E-state index in [4.69, 9.17) is 4.99 Å². The van der Waals surface area contributed by atoms with Crippen LogP contribution >= 0.6 is 0 Å². The summed E-state index contributed by atoms with van der Waals surface area (Å²) in [5.74, 6) is 2.56. The SMILES string of the molecule is CN1C2=C3C=c4ccccc4=CC3C3N(C)C4c5cc6ccccc6cc5C5=[N+](C)C6C7=C(C=C8C=CC=CC8(C)C7)C(=[N+]6C)N=C6c7cc8ccccc8cc7C1N6C(O)(CCN54)N23. The summed E-state index contributed by atoms with van der Waals surface area (Å²) in [6.45, 7) is 3.01. The second kappa shape index (κ2) is 12.1. The van der Waals surface area contributed by atoms with Crippen LogP contribution in [0, 0.1) is 11.3 Å². The van der Waals surface area contributed by atoms with Gasteiger partial charge in [0.15, 0.2) is 6.17 Å². The Labute approximate surface area is 378 Å². The molecule has 15 rings (SSSR count). The smallest absolute Gasteiger partial charge is 0.332 e. The molecular formula is C56H50N8O+2.